The lowest BCUT2D eigenvalue weighted by Gasteiger charge is -2.09. The SMILES string of the molecule is Cc1ccc(Oc2ccc(NC(=O)CS(=O)(=O)Cc3ccc(Br)cc3)cn2)cc1C. The molecule has 0 atom stereocenters. The van der Waals surface area contributed by atoms with E-state index in [2.05, 4.69) is 26.2 Å². The Morgan fingerprint density at radius 1 is 1.03 bits per heavy atom. The van der Waals surface area contributed by atoms with E-state index in [9.17, 15) is 13.2 Å². The normalized spacial score (nSPS) is 11.2. The van der Waals surface area contributed by atoms with Gasteiger partial charge in [-0.2, -0.15) is 0 Å². The van der Waals surface area contributed by atoms with Gasteiger partial charge in [-0.05, 0) is 60.9 Å². The highest BCUT2D eigenvalue weighted by atomic mass is 79.9. The first-order valence-corrected chi connectivity index (χ1v) is 11.8. The van der Waals surface area contributed by atoms with Crippen LogP contribution in [0.25, 0.3) is 0 Å². The van der Waals surface area contributed by atoms with E-state index < -0.39 is 21.5 Å². The van der Waals surface area contributed by atoms with Gasteiger partial charge in [0.2, 0.25) is 11.8 Å². The number of rotatable bonds is 7. The number of nitrogens with one attached hydrogen (secondary N) is 1. The fraction of sp³-hybridized carbons (Fsp3) is 0.182. The molecular formula is C22H21BrN2O4S. The van der Waals surface area contributed by atoms with Gasteiger partial charge in [-0.3, -0.25) is 4.79 Å². The maximum Gasteiger partial charge on any atom is 0.239 e. The number of carbonyl (C=O) groups excluding carboxylic acids is 1. The lowest BCUT2D eigenvalue weighted by atomic mass is 10.1. The highest BCUT2D eigenvalue weighted by molar-refractivity contribution is 9.10. The molecule has 1 aromatic heterocycles. The number of halogens is 1. The minimum Gasteiger partial charge on any atom is -0.439 e. The number of hydrogen-bond acceptors (Lipinski definition) is 5. The molecule has 3 rings (SSSR count). The Morgan fingerprint density at radius 3 is 2.40 bits per heavy atom. The Morgan fingerprint density at radius 2 is 1.77 bits per heavy atom. The molecule has 2 aromatic carbocycles. The number of amides is 1. The molecule has 0 spiro atoms. The summed E-state index contributed by atoms with van der Waals surface area (Å²) >= 11 is 3.30. The fourth-order valence-electron chi connectivity index (χ4n) is 2.70. The molecule has 0 fully saturated rings. The number of carbonyl (C=O) groups is 1. The van der Waals surface area contributed by atoms with Gasteiger partial charge in [-0.15, -0.1) is 0 Å². The van der Waals surface area contributed by atoms with Gasteiger partial charge >= 0.3 is 0 Å². The second-order valence-corrected chi connectivity index (χ2v) is 9.92. The molecule has 0 aliphatic heterocycles. The lowest BCUT2D eigenvalue weighted by molar-refractivity contribution is -0.113. The molecule has 6 nitrogen and oxygen atoms in total. The van der Waals surface area contributed by atoms with Crippen LogP contribution in [-0.2, 0) is 20.4 Å². The lowest BCUT2D eigenvalue weighted by Crippen LogP contribution is -2.24. The van der Waals surface area contributed by atoms with Crippen molar-refractivity contribution in [2.24, 2.45) is 0 Å². The molecule has 0 saturated carbocycles. The van der Waals surface area contributed by atoms with Crippen molar-refractivity contribution in [3.05, 3.63) is 82.0 Å². The third-order valence-corrected chi connectivity index (χ3v) is 6.38. The third kappa shape index (κ3) is 6.40. The quantitative estimate of drug-likeness (QED) is 0.515. The average Bonchev–Trinajstić information content (AvgIpc) is 2.67. The van der Waals surface area contributed by atoms with E-state index in [-0.39, 0.29) is 5.75 Å². The third-order valence-electron chi connectivity index (χ3n) is 4.37. The standard InChI is InChI=1S/C22H21BrN2O4S/c1-15-3-9-20(11-16(15)2)29-22-10-8-19(12-24-22)25-21(26)14-30(27,28)13-17-4-6-18(23)7-5-17/h3-12H,13-14H2,1-2H3,(H,25,26). The Labute approximate surface area is 184 Å². The first-order valence-electron chi connectivity index (χ1n) is 9.16. The van der Waals surface area contributed by atoms with Crippen LogP contribution in [0.3, 0.4) is 0 Å². The second kappa shape index (κ2) is 9.40. The number of benzene rings is 2. The van der Waals surface area contributed by atoms with Crippen molar-refractivity contribution in [1.82, 2.24) is 4.98 Å². The van der Waals surface area contributed by atoms with E-state index >= 15 is 0 Å². The number of anilines is 1. The molecule has 0 radical (unpaired) electrons. The average molecular weight is 489 g/mol. The fourth-order valence-corrected chi connectivity index (χ4v) is 4.23. The summed E-state index contributed by atoms with van der Waals surface area (Å²) in [5, 5.41) is 2.56. The maximum atomic E-state index is 12.3. The summed E-state index contributed by atoms with van der Waals surface area (Å²) in [5.74, 6) is -0.379. The molecule has 156 valence electrons. The molecule has 8 heteroatoms. The summed E-state index contributed by atoms with van der Waals surface area (Å²) < 4.78 is 31.1. The van der Waals surface area contributed by atoms with E-state index in [0.29, 0.717) is 22.9 Å². The molecule has 3 aromatic rings. The van der Waals surface area contributed by atoms with E-state index in [4.69, 9.17) is 4.74 Å². The van der Waals surface area contributed by atoms with Gasteiger partial charge in [0.1, 0.15) is 11.5 Å². The largest absolute Gasteiger partial charge is 0.439 e. The summed E-state index contributed by atoms with van der Waals surface area (Å²) in [6.45, 7) is 4.02. The number of sulfone groups is 1. The summed E-state index contributed by atoms with van der Waals surface area (Å²) in [7, 11) is -3.60. The van der Waals surface area contributed by atoms with Crippen LogP contribution in [0.15, 0.2) is 65.3 Å². The van der Waals surface area contributed by atoms with Crippen molar-refractivity contribution >= 4 is 37.4 Å². The smallest absolute Gasteiger partial charge is 0.239 e. The maximum absolute atomic E-state index is 12.3. The van der Waals surface area contributed by atoms with Crippen LogP contribution in [0, 0.1) is 13.8 Å². The van der Waals surface area contributed by atoms with Gasteiger partial charge < -0.3 is 10.1 Å². The molecule has 0 unspecified atom stereocenters. The number of ether oxygens (including phenoxy) is 1. The summed E-state index contributed by atoms with van der Waals surface area (Å²) in [6, 6.07) is 15.9. The minimum absolute atomic E-state index is 0.200. The molecule has 1 amide bonds. The Balaban J connectivity index is 1.57. The van der Waals surface area contributed by atoms with Crippen molar-refractivity contribution in [2.45, 2.75) is 19.6 Å². The van der Waals surface area contributed by atoms with Crippen molar-refractivity contribution in [1.29, 1.82) is 0 Å². The molecule has 0 aliphatic rings. The van der Waals surface area contributed by atoms with Crippen LogP contribution in [-0.4, -0.2) is 25.1 Å². The predicted molar refractivity (Wildman–Crippen MR) is 120 cm³/mol. The topological polar surface area (TPSA) is 85.4 Å². The van der Waals surface area contributed by atoms with Crippen LogP contribution in [0.1, 0.15) is 16.7 Å². The summed E-state index contributed by atoms with van der Waals surface area (Å²) in [5.41, 5.74) is 3.30. The van der Waals surface area contributed by atoms with E-state index in [1.54, 1.807) is 36.4 Å². The first-order chi connectivity index (χ1) is 14.2. The number of pyridine rings is 1. The van der Waals surface area contributed by atoms with Crippen molar-refractivity contribution in [2.75, 3.05) is 11.1 Å². The molecule has 0 saturated heterocycles. The summed E-state index contributed by atoms with van der Waals surface area (Å²) in [4.78, 5) is 16.3. The van der Waals surface area contributed by atoms with Gasteiger partial charge in [0.05, 0.1) is 17.6 Å². The first kappa shape index (κ1) is 22.0. The number of nitrogens with zero attached hydrogens (tertiary/aromatic N) is 1. The highest BCUT2D eigenvalue weighted by Gasteiger charge is 2.18. The molecule has 0 aliphatic carbocycles. The van der Waals surface area contributed by atoms with Crippen LogP contribution < -0.4 is 10.1 Å². The zero-order chi connectivity index (χ0) is 21.7. The van der Waals surface area contributed by atoms with E-state index in [1.165, 1.54) is 11.8 Å². The molecule has 0 bridgehead atoms. The van der Waals surface area contributed by atoms with E-state index in [1.807, 2.05) is 32.0 Å². The van der Waals surface area contributed by atoms with Crippen LogP contribution in [0.2, 0.25) is 0 Å². The Kier molecular flexibility index (Phi) is 6.89. The monoisotopic (exact) mass is 488 g/mol. The second-order valence-electron chi connectivity index (χ2n) is 6.94. The highest BCUT2D eigenvalue weighted by Crippen LogP contribution is 2.23. The van der Waals surface area contributed by atoms with Crippen molar-refractivity contribution < 1.29 is 17.9 Å². The van der Waals surface area contributed by atoms with Gasteiger partial charge in [0.15, 0.2) is 9.84 Å². The summed E-state index contributed by atoms with van der Waals surface area (Å²) in [6.07, 6.45) is 1.43. The molecule has 30 heavy (non-hydrogen) atoms. The van der Waals surface area contributed by atoms with Crippen LogP contribution in [0.4, 0.5) is 5.69 Å². The van der Waals surface area contributed by atoms with Gasteiger partial charge in [-0.1, -0.05) is 34.1 Å². The van der Waals surface area contributed by atoms with Gasteiger partial charge in [-0.25, -0.2) is 13.4 Å². The van der Waals surface area contributed by atoms with Crippen molar-refractivity contribution in [3.63, 3.8) is 0 Å². The van der Waals surface area contributed by atoms with Crippen LogP contribution >= 0.6 is 15.9 Å². The van der Waals surface area contributed by atoms with Gasteiger partial charge in [0.25, 0.3) is 0 Å². The van der Waals surface area contributed by atoms with Crippen LogP contribution in [0.5, 0.6) is 11.6 Å². The molecule has 1 heterocycles. The number of aryl methyl sites for hydroxylation is 2. The number of hydrogen-bond donors (Lipinski definition) is 1. The molecular weight excluding hydrogens is 468 g/mol. The van der Waals surface area contributed by atoms with Gasteiger partial charge in [0, 0.05) is 10.5 Å². The Bertz CT molecular complexity index is 1140. The molecule has 1 N–H and O–H groups in total. The van der Waals surface area contributed by atoms with E-state index in [0.717, 1.165) is 10.0 Å². The zero-order valence-electron chi connectivity index (χ0n) is 16.6. The predicted octanol–water partition coefficient (Wildman–Crippen LogP) is 4.81. The minimum atomic E-state index is -3.60. The van der Waals surface area contributed by atoms with Crippen molar-refractivity contribution in [3.8, 4) is 11.6 Å². The Hall–Kier alpha value is -2.71. The number of aromatic nitrogens is 1. The zero-order valence-corrected chi connectivity index (χ0v) is 19.0.